The molecule has 176 valence electrons. The zero-order valence-electron chi connectivity index (χ0n) is 17.6. The summed E-state index contributed by atoms with van der Waals surface area (Å²) in [6.07, 6.45) is 0.662. The van der Waals surface area contributed by atoms with E-state index < -0.39 is 36.1 Å². The first-order chi connectivity index (χ1) is 16.3. The molecule has 2 aliphatic carbocycles. The minimum atomic E-state index is -0.794. The van der Waals surface area contributed by atoms with Crippen molar-refractivity contribution in [1.29, 1.82) is 0 Å². The summed E-state index contributed by atoms with van der Waals surface area (Å²) in [6.45, 7) is -0.566. The Hall–Kier alpha value is -2.97. The van der Waals surface area contributed by atoms with E-state index in [1.54, 1.807) is 6.07 Å². The largest absolute Gasteiger partial charge is 0.452 e. The number of imide groups is 1. The van der Waals surface area contributed by atoms with Crippen LogP contribution in [0, 0.1) is 29.5 Å². The number of hydrogen-bond acceptors (Lipinski definition) is 5. The summed E-state index contributed by atoms with van der Waals surface area (Å²) in [5, 5.41) is 1.78. The van der Waals surface area contributed by atoms with Crippen LogP contribution in [-0.2, 0) is 19.1 Å². The van der Waals surface area contributed by atoms with Crippen molar-refractivity contribution in [3.8, 4) is 0 Å². The van der Waals surface area contributed by atoms with Crippen molar-refractivity contribution >= 4 is 58.3 Å². The van der Waals surface area contributed by atoms with Gasteiger partial charge < -0.3 is 10.1 Å². The Bertz CT molecular complexity index is 1160. The fourth-order valence-corrected chi connectivity index (χ4v) is 6.21. The van der Waals surface area contributed by atoms with Gasteiger partial charge in [0.1, 0.15) is 5.82 Å². The van der Waals surface area contributed by atoms with Crippen molar-refractivity contribution in [2.24, 2.45) is 23.7 Å². The average Bonchev–Trinajstić information content (AvgIpc) is 3.44. The van der Waals surface area contributed by atoms with Gasteiger partial charge in [0.15, 0.2) is 6.61 Å². The Morgan fingerprint density at radius 1 is 1.00 bits per heavy atom. The monoisotopic (exact) mass is 504 g/mol. The number of benzene rings is 2. The third-order valence-electron chi connectivity index (χ3n) is 6.79. The van der Waals surface area contributed by atoms with Crippen LogP contribution in [-0.4, -0.2) is 41.1 Å². The number of amides is 3. The van der Waals surface area contributed by atoms with Gasteiger partial charge in [0.2, 0.25) is 11.8 Å². The molecule has 3 amide bonds. The molecule has 3 fully saturated rings. The van der Waals surface area contributed by atoms with E-state index in [-0.39, 0.29) is 45.7 Å². The van der Waals surface area contributed by atoms with Gasteiger partial charge in [0, 0.05) is 5.69 Å². The van der Waals surface area contributed by atoms with E-state index in [0.29, 0.717) is 12.1 Å². The number of nitrogens with zero attached hydrogens (tertiary/aromatic N) is 1. The second kappa shape index (κ2) is 8.67. The van der Waals surface area contributed by atoms with Crippen LogP contribution >= 0.6 is 23.2 Å². The molecule has 1 saturated heterocycles. The van der Waals surface area contributed by atoms with Gasteiger partial charge in [0.25, 0.3) is 5.91 Å². The molecule has 10 heteroatoms. The number of carbonyl (C=O) groups excluding carboxylic acids is 4. The fraction of sp³-hybridized carbons (Fsp3) is 0.333. The maximum Gasteiger partial charge on any atom is 0.338 e. The van der Waals surface area contributed by atoms with Gasteiger partial charge in [-0.2, -0.15) is 0 Å². The van der Waals surface area contributed by atoms with E-state index in [0.717, 1.165) is 4.90 Å². The molecule has 2 aromatic rings. The first-order valence-electron chi connectivity index (χ1n) is 10.7. The Kier molecular flexibility index (Phi) is 5.81. The standard InChI is InChI=1S/C24H19Cl2FN2O5/c25-20-15-9-16(21(20)26)19-18(15)22(31)29(23(19)32)14-3-1-2-11(8-14)24(33)34-10-17(30)28-13-6-4-12(27)5-7-13/h1-8,15-16,18-21H,9-10H2,(H,28,30)/t15-,16-,18-,19+,20-,21+/m1/s1. The van der Waals surface area contributed by atoms with E-state index in [2.05, 4.69) is 5.32 Å². The summed E-state index contributed by atoms with van der Waals surface area (Å²) >= 11 is 12.8. The molecule has 34 heavy (non-hydrogen) atoms. The van der Waals surface area contributed by atoms with Crippen molar-refractivity contribution in [1.82, 2.24) is 0 Å². The Morgan fingerprint density at radius 3 is 2.24 bits per heavy atom. The lowest BCUT2D eigenvalue weighted by atomic mass is 9.80. The van der Waals surface area contributed by atoms with E-state index in [4.69, 9.17) is 27.9 Å². The van der Waals surface area contributed by atoms with Gasteiger partial charge in [-0.15, -0.1) is 23.2 Å². The van der Waals surface area contributed by atoms with Gasteiger partial charge in [-0.25, -0.2) is 9.18 Å². The summed E-state index contributed by atoms with van der Waals surface area (Å²) < 4.78 is 18.0. The fourth-order valence-electron chi connectivity index (χ4n) is 5.32. The van der Waals surface area contributed by atoms with Crippen LogP contribution in [0.15, 0.2) is 48.5 Å². The van der Waals surface area contributed by atoms with Crippen molar-refractivity contribution < 1.29 is 28.3 Å². The van der Waals surface area contributed by atoms with Crippen molar-refractivity contribution in [3.63, 3.8) is 0 Å². The summed E-state index contributed by atoms with van der Waals surface area (Å²) in [7, 11) is 0. The van der Waals surface area contributed by atoms with Crippen molar-refractivity contribution in [2.75, 3.05) is 16.8 Å². The second-order valence-electron chi connectivity index (χ2n) is 8.70. The quantitative estimate of drug-likeness (QED) is 0.381. The van der Waals surface area contributed by atoms with E-state index in [1.165, 1.54) is 42.5 Å². The van der Waals surface area contributed by atoms with Crippen LogP contribution in [0.2, 0.25) is 0 Å². The molecule has 3 aliphatic rings. The molecule has 2 saturated carbocycles. The third kappa shape index (κ3) is 3.75. The second-order valence-corrected chi connectivity index (χ2v) is 9.71. The number of anilines is 2. The van der Waals surface area contributed by atoms with Crippen LogP contribution in [0.25, 0.3) is 0 Å². The molecular weight excluding hydrogens is 486 g/mol. The maximum absolute atomic E-state index is 13.1. The molecule has 0 radical (unpaired) electrons. The molecule has 0 aromatic heterocycles. The van der Waals surface area contributed by atoms with Gasteiger partial charge in [-0.3, -0.25) is 19.3 Å². The number of nitrogens with one attached hydrogen (secondary N) is 1. The minimum absolute atomic E-state index is 0.0816. The first-order valence-corrected chi connectivity index (χ1v) is 11.6. The van der Waals surface area contributed by atoms with Crippen LogP contribution < -0.4 is 10.2 Å². The topological polar surface area (TPSA) is 92.8 Å². The zero-order chi connectivity index (χ0) is 24.1. The van der Waals surface area contributed by atoms with E-state index >= 15 is 0 Å². The van der Waals surface area contributed by atoms with Gasteiger partial charge in [-0.05, 0) is 60.7 Å². The Morgan fingerprint density at radius 2 is 1.62 bits per heavy atom. The minimum Gasteiger partial charge on any atom is -0.452 e. The summed E-state index contributed by atoms with van der Waals surface area (Å²) in [6, 6.07) is 11.1. The molecule has 7 nitrogen and oxygen atoms in total. The summed E-state index contributed by atoms with van der Waals surface area (Å²) in [5.41, 5.74) is 0.692. The average molecular weight is 505 g/mol. The highest BCUT2D eigenvalue weighted by Gasteiger charge is 2.66. The number of hydrogen-bond donors (Lipinski definition) is 1. The highest BCUT2D eigenvalue weighted by Crippen LogP contribution is 2.59. The van der Waals surface area contributed by atoms with E-state index in [9.17, 15) is 23.6 Å². The number of halogens is 3. The number of esters is 1. The number of fused-ring (bicyclic) bond motifs is 5. The highest BCUT2D eigenvalue weighted by molar-refractivity contribution is 6.32. The molecule has 2 aromatic carbocycles. The number of rotatable bonds is 5. The third-order valence-corrected chi connectivity index (χ3v) is 8.11. The lowest BCUT2D eigenvalue weighted by Gasteiger charge is -2.28. The molecule has 2 bridgehead atoms. The summed E-state index contributed by atoms with van der Waals surface area (Å²) in [5.74, 6) is -3.79. The first kappa shape index (κ1) is 22.8. The smallest absolute Gasteiger partial charge is 0.338 e. The maximum atomic E-state index is 13.1. The van der Waals surface area contributed by atoms with Crippen molar-refractivity contribution in [3.05, 3.63) is 59.9 Å². The molecule has 1 heterocycles. The normalized spacial score (nSPS) is 29.3. The molecular formula is C24H19Cl2FN2O5. The Labute approximate surface area is 204 Å². The number of alkyl halides is 2. The highest BCUT2D eigenvalue weighted by atomic mass is 35.5. The van der Waals surface area contributed by atoms with Crippen molar-refractivity contribution in [2.45, 2.75) is 17.2 Å². The Balaban J connectivity index is 1.26. The predicted molar refractivity (Wildman–Crippen MR) is 122 cm³/mol. The van der Waals surface area contributed by atoms with Crippen LogP contribution in [0.1, 0.15) is 16.8 Å². The van der Waals surface area contributed by atoms with Crippen LogP contribution in [0.5, 0.6) is 0 Å². The van der Waals surface area contributed by atoms with Gasteiger partial charge >= 0.3 is 5.97 Å². The SMILES string of the molecule is O=C(COC(=O)c1cccc(N2C(=O)[C@@H]3[C@H]4C[C@@H]([C@H](Cl)[C@@H]4Cl)[C@@H]3C2=O)c1)Nc1ccc(F)cc1. The summed E-state index contributed by atoms with van der Waals surface area (Å²) in [4.78, 5) is 51.9. The lowest BCUT2D eigenvalue weighted by molar-refractivity contribution is -0.123. The number of carbonyl (C=O) groups is 4. The van der Waals surface area contributed by atoms with Crippen LogP contribution in [0.3, 0.4) is 0 Å². The lowest BCUT2D eigenvalue weighted by Crippen LogP contribution is -2.37. The molecule has 5 rings (SSSR count). The zero-order valence-corrected chi connectivity index (χ0v) is 19.1. The molecule has 1 aliphatic heterocycles. The van der Waals surface area contributed by atoms with Crippen LogP contribution in [0.4, 0.5) is 15.8 Å². The van der Waals surface area contributed by atoms with Gasteiger partial charge in [0.05, 0.1) is 33.8 Å². The molecule has 0 spiro atoms. The van der Waals surface area contributed by atoms with Gasteiger partial charge in [-0.1, -0.05) is 6.07 Å². The number of ether oxygens (including phenoxy) is 1. The predicted octanol–water partition coefficient (Wildman–Crippen LogP) is 3.59. The molecule has 1 N–H and O–H groups in total. The molecule has 6 atom stereocenters. The molecule has 0 unspecified atom stereocenters. The van der Waals surface area contributed by atoms with E-state index in [1.807, 2.05) is 0 Å².